The van der Waals surface area contributed by atoms with Gasteiger partial charge in [0.2, 0.25) is 0 Å². The van der Waals surface area contributed by atoms with Crippen molar-refractivity contribution < 1.29 is 28.5 Å². The molecule has 5 nitrogen and oxygen atoms in total. The van der Waals surface area contributed by atoms with Gasteiger partial charge in [0.1, 0.15) is 12.7 Å². The molecule has 1 unspecified atom stereocenters. The molecule has 7 heteroatoms. The number of benzene rings is 1. The first-order valence-electron chi connectivity index (χ1n) is 10.3. The van der Waals surface area contributed by atoms with E-state index in [1.807, 2.05) is 12.1 Å². The summed E-state index contributed by atoms with van der Waals surface area (Å²) in [6, 6.07) is 3.84. The smallest absolute Gasteiger partial charge is 0.267 e. The summed E-state index contributed by atoms with van der Waals surface area (Å²) >= 11 is 0. The van der Waals surface area contributed by atoms with Crippen molar-refractivity contribution in [1.29, 1.82) is 0 Å². The van der Waals surface area contributed by atoms with Crippen molar-refractivity contribution in [2.45, 2.75) is 64.7 Å². The molecule has 2 aliphatic heterocycles. The number of alkyl halides is 2. The second-order valence-electron chi connectivity index (χ2n) is 9.50. The second kappa shape index (κ2) is 8.74. The van der Waals surface area contributed by atoms with Crippen LogP contribution in [0.3, 0.4) is 0 Å². The zero-order chi connectivity index (χ0) is 21.3. The number of halogens is 2. The van der Waals surface area contributed by atoms with Gasteiger partial charge in [-0.3, -0.25) is 4.90 Å². The molecule has 1 saturated heterocycles. The fraction of sp³-hybridized carbons (Fsp3) is 0.727. The molecule has 0 aliphatic carbocycles. The molecule has 1 fully saturated rings. The molecule has 164 valence electrons. The van der Waals surface area contributed by atoms with Gasteiger partial charge in [0.25, 0.3) is 6.43 Å². The summed E-state index contributed by atoms with van der Waals surface area (Å²) in [5.41, 5.74) is 2.35. The van der Waals surface area contributed by atoms with Crippen molar-refractivity contribution in [2.24, 2.45) is 11.3 Å². The average molecular weight is 414 g/mol. The number of rotatable bonds is 6. The zero-order valence-corrected chi connectivity index (χ0v) is 17.7. The highest BCUT2D eigenvalue weighted by molar-refractivity contribution is 5.49. The molecular formula is C22H33F2NO4. The average Bonchev–Trinajstić information content (AvgIpc) is 2.64. The minimum atomic E-state index is -2.85. The lowest BCUT2D eigenvalue weighted by Crippen LogP contribution is -2.48. The summed E-state index contributed by atoms with van der Waals surface area (Å²) in [4.78, 5) is 2.44. The first kappa shape index (κ1) is 22.2. The lowest BCUT2D eigenvalue weighted by atomic mass is 9.75. The summed E-state index contributed by atoms with van der Waals surface area (Å²) in [5, 5.41) is 20.1. The Morgan fingerprint density at radius 3 is 2.59 bits per heavy atom. The third kappa shape index (κ3) is 5.19. The summed E-state index contributed by atoms with van der Waals surface area (Å²) in [7, 11) is 1.51. The largest absolute Gasteiger partial charge is 0.493 e. The van der Waals surface area contributed by atoms with E-state index in [4.69, 9.17) is 9.47 Å². The van der Waals surface area contributed by atoms with E-state index in [1.54, 1.807) is 0 Å². The quantitative estimate of drug-likeness (QED) is 0.748. The van der Waals surface area contributed by atoms with Crippen LogP contribution < -0.4 is 9.47 Å². The number of hydrogen-bond donors (Lipinski definition) is 2. The Bertz CT molecular complexity index is 707. The minimum Gasteiger partial charge on any atom is -0.493 e. The van der Waals surface area contributed by atoms with Crippen LogP contribution in [0, 0.1) is 11.3 Å². The minimum absolute atomic E-state index is 0.111. The van der Waals surface area contributed by atoms with Gasteiger partial charge in [-0.1, -0.05) is 20.8 Å². The lowest BCUT2D eigenvalue weighted by Gasteiger charge is -2.47. The summed E-state index contributed by atoms with van der Waals surface area (Å²) in [5.74, 6) is 1.08. The Morgan fingerprint density at radius 1 is 1.24 bits per heavy atom. The third-order valence-electron chi connectivity index (χ3n) is 5.95. The summed E-state index contributed by atoms with van der Waals surface area (Å²) < 4.78 is 36.0. The van der Waals surface area contributed by atoms with Gasteiger partial charge >= 0.3 is 0 Å². The van der Waals surface area contributed by atoms with Crippen LogP contribution in [0.5, 0.6) is 11.5 Å². The van der Waals surface area contributed by atoms with Gasteiger partial charge in [-0.25, -0.2) is 8.78 Å². The van der Waals surface area contributed by atoms with Gasteiger partial charge < -0.3 is 19.7 Å². The van der Waals surface area contributed by atoms with Gasteiger partial charge in [0.05, 0.1) is 13.2 Å². The molecule has 0 amide bonds. The Labute approximate surface area is 171 Å². The van der Waals surface area contributed by atoms with Gasteiger partial charge in [-0.05, 0) is 53.9 Å². The molecule has 4 atom stereocenters. The number of hydrogen-bond acceptors (Lipinski definition) is 5. The molecule has 2 N–H and O–H groups in total. The summed E-state index contributed by atoms with van der Waals surface area (Å²) in [6.07, 6.45) is -2.57. The van der Waals surface area contributed by atoms with Crippen LogP contribution in [0.25, 0.3) is 0 Å². The van der Waals surface area contributed by atoms with Gasteiger partial charge in [0.15, 0.2) is 11.5 Å². The molecular weight excluding hydrogens is 380 g/mol. The molecule has 1 aromatic rings. The molecule has 0 spiro atoms. The lowest BCUT2D eigenvalue weighted by molar-refractivity contribution is -0.0292. The normalized spacial score (nSPS) is 26.0. The number of fused-ring (bicyclic) bond motifs is 3. The van der Waals surface area contributed by atoms with E-state index < -0.39 is 19.1 Å². The van der Waals surface area contributed by atoms with Crippen molar-refractivity contribution in [2.75, 3.05) is 26.8 Å². The number of methoxy groups -OCH3 is 1. The molecule has 29 heavy (non-hydrogen) atoms. The first-order chi connectivity index (χ1) is 13.6. The SMILES string of the molecule is COc1cc2c(cc1OCC(O)C(F)F)CCN1C[C@@H](CC(C)(C)C)[C@H](O)C[C@H]21. The molecule has 0 bridgehead atoms. The number of ether oxygens (including phenoxy) is 2. The fourth-order valence-electron chi connectivity index (χ4n) is 4.61. The molecule has 0 saturated carbocycles. The van der Waals surface area contributed by atoms with Crippen molar-refractivity contribution in [3.05, 3.63) is 23.3 Å². The monoisotopic (exact) mass is 413 g/mol. The molecule has 0 radical (unpaired) electrons. The highest BCUT2D eigenvalue weighted by atomic mass is 19.3. The number of aliphatic hydroxyl groups excluding tert-OH is 2. The van der Waals surface area contributed by atoms with Gasteiger partial charge in [-0.2, -0.15) is 0 Å². The van der Waals surface area contributed by atoms with Crippen LogP contribution in [0.2, 0.25) is 0 Å². The Hall–Kier alpha value is -1.44. The Kier molecular flexibility index (Phi) is 6.70. The van der Waals surface area contributed by atoms with Gasteiger partial charge in [0, 0.05) is 19.1 Å². The van der Waals surface area contributed by atoms with Crippen molar-refractivity contribution in [3.8, 4) is 11.5 Å². The van der Waals surface area contributed by atoms with E-state index in [0.29, 0.717) is 17.9 Å². The maximum absolute atomic E-state index is 12.6. The van der Waals surface area contributed by atoms with Crippen molar-refractivity contribution >= 4 is 0 Å². The molecule has 2 aliphatic rings. The van der Waals surface area contributed by atoms with E-state index in [-0.39, 0.29) is 23.5 Å². The highest BCUT2D eigenvalue weighted by Crippen LogP contribution is 2.44. The van der Waals surface area contributed by atoms with Crippen LogP contribution in [0.15, 0.2) is 12.1 Å². The van der Waals surface area contributed by atoms with E-state index in [1.165, 1.54) is 7.11 Å². The Morgan fingerprint density at radius 2 is 1.97 bits per heavy atom. The van der Waals surface area contributed by atoms with Crippen LogP contribution in [-0.4, -0.2) is 60.6 Å². The predicted molar refractivity (Wildman–Crippen MR) is 107 cm³/mol. The Balaban J connectivity index is 1.79. The standard InChI is InChI=1S/C22H33F2NO4/c1-22(2,3)10-14-11-25-6-5-13-7-20(29-12-18(27)21(23)24)19(28-4)8-15(13)16(25)9-17(14)26/h7-8,14,16-18,21,26-27H,5-6,9-12H2,1-4H3/t14-,16-,17-,18?/m1/s1. The van der Waals surface area contributed by atoms with Crippen molar-refractivity contribution in [1.82, 2.24) is 4.90 Å². The molecule has 1 aromatic carbocycles. The van der Waals surface area contributed by atoms with E-state index in [2.05, 4.69) is 25.7 Å². The van der Waals surface area contributed by atoms with Crippen LogP contribution >= 0.6 is 0 Å². The van der Waals surface area contributed by atoms with Crippen LogP contribution in [0.4, 0.5) is 8.78 Å². The third-order valence-corrected chi connectivity index (χ3v) is 5.95. The highest BCUT2D eigenvalue weighted by Gasteiger charge is 2.39. The maximum atomic E-state index is 12.6. The zero-order valence-electron chi connectivity index (χ0n) is 17.7. The van der Waals surface area contributed by atoms with E-state index >= 15 is 0 Å². The number of aliphatic hydroxyl groups is 2. The molecule has 3 rings (SSSR count). The van der Waals surface area contributed by atoms with E-state index in [0.717, 1.165) is 37.1 Å². The fourth-order valence-corrected chi connectivity index (χ4v) is 4.61. The predicted octanol–water partition coefficient (Wildman–Crippen LogP) is 3.42. The molecule has 0 aromatic heterocycles. The number of piperidine rings is 1. The first-order valence-corrected chi connectivity index (χ1v) is 10.3. The number of nitrogens with zero attached hydrogens (tertiary/aromatic N) is 1. The summed E-state index contributed by atoms with van der Waals surface area (Å²) in [6.45, 7) is 7.87. The maximum Gasteiger partial charge on any atom is 0.267 e. The van der Waals surface area contributed by atoms with Crippen LogP contribution in [0.1, 0.15) is 50.8 Å². The second-order valence-corrected chi connectivity index (χ2v) is 9.50. The molecule has 2 heterocycles. The van der Waals surface area contributed by atoms with Gasteiger partial charge in [-0.15, -0.1) is 0 Å². The van der Waals surface area contributed by atoms with Crippen molar-refractivity contribution in [3.63, 3.8) is 0 Å². The van der Waals surface area contributed by atoms with Crippen LogP contribution in [-0.2, 0) is 6.42 Å². The van der Waals surface area contributed by atoms with E-state index in [9.17, 15) is 19.0 Å². The topological polar surface area (TPSA) is 62.2 Å².